The molecule has 1 aromatic heterocycles. The van der Waals surface area contributed by atoms with Crippen molar-refractivity contribution >= 4 is 52.3 Å². The van der Waals surface area contributed by atoms with Crippen LogP contribution in [-0.2, 0) is 16.1 Å². The molecule has 238 valence electrons. The van der Waals surface area contributed by atoms with Crippen molar-refractivity contribution in [2.24, 2.45) is 4.99 Å². The number of methoxy groups -OCH3 is 1. The molecule has 0 amide bonds. The number of fused-ring (bicyclic) bond motifs is 1. The average Bonchev–Trinajstić information content (AvgIpc) is 3.35. The molecular formula is C32H27Cl2N3O8S. The summed E-state index contributed by atoms with van der Waals surface area (Å²) in [6, 6.07) is 13.5. The van der Waals surface area contributed by atoms with E-state index < -0.39 is 16.9 Å². The normalized spacial score (nSPS) is 14.2. The van der Waals surface area contributed by atoms with Gasteiger partial charge in [-0.25, -0.2) is 9.79 Å². The summed E-state index contributed by atoms with van der Waals surface area (Å²) >= 11 is 14.2. The van der Waals surface area contributed by atoms with Gasteiger partial charge in [0.05, 0.1) is 51.4 Å². The Balaban J connectivity index is 1.51. The topological polar surface area (TPSA) is 131 Å². The highest BCUT2D eigenvalue weighted by Crippen LogP contribution is 2.36. The van der Waals surface area contributed by atoms with Crippen LogP contribution in [0.2, 0.25) is 10.0 Å². The minimum atomic E-state index is -0.844. The third kappa shape index (κ3) is 6.79. The first kappa shape index (κ1) is 32.7. The maximum absolute atomic E-state index is 13.9. The Morgan fingerprint density at radius 3 is 2.33 bits per heavy atom. The number of nitro benzene ring substituents is 1. The monoisotopic (exact) mass is 683 g/mol. The number of aromatic nitrogens is 1. The molecule has 5 rings (SSSR count). The number of halogens is 2. The maximum atomic E-state index is 13.9. The number of carbonyl (C=O) groups is 1. The number of benzene rings is 3. The number of rotatable bonds is 11. The molecule has 0 saturated carbocycles. The average molecular weight is 685 g/mol. The van der Waals surface area contributed by atoms with Crippen molar-refractivity contribution in [3.05, 3.63) is 123 Å². The van der Waals surface area contributed by atoms with Gasteiger partial charge in [0.25, 0.3) is 11.2 Å². The molecule has 0 aliphatic carbocycles. The Bertz CT molecular complexity index is 2000. The zero-order valence-corrected chi connectivity index (χ0v) is 27.1. The van der Waals surface area contributed by atoms with E-state index in [0.29, 0.717) is 50.7 Å². The summed E-state index contributed by atoms with van der Waals surface area (Å²) in [5.74, 6) is 0.616. The van der Waals surface area contributed by atoms with Crippen molar-refractivity contribution in [1.82, 2.24) is 4.57 Å². The smallest absolute Gasteiger partial charge is 0.337 e. The second kappa shape index (κ2) is 14.2. The fraction of sp³-hybridized carbons (Fsp3) is 0.219. The lowest BCUT2D eigenvalue weighted by molar-refractivity contribution is -0.384. The molecule has 0 saturated heterocycles. The predicted molar refractivity (Wildman–Crippen MR) is 174 cm³/mol. The number of nitrogens with zero attached hydrogens (tertiary/aromatic N) is 3. The molecule has 0 bridgehead atoms. The van der Waals surface area contributed by atoms with Crippen molar-refractivity contribution in [2.45, 2.75) is 26.5 Å². The van der Waals surface area contributed by atoms with Crippen LogP contribution < -0.4 is 29.1 Å². The SMILES string of the molecule is CCOc1ccc([C@H]2C(C(=O)OC)=CN=c3s/c(=C\c4cc(Cl)c(OCc5ccc([N+](=O)[O-])cc5)c(Cl)c4)c(=O)n32)cc1OCC. The summed E-state index contributed by atoms with van der Waals surface area (Å²) in [6.07, 6.45) is 3.04. The molecule has 11 nitrogen and oxygen atoms in total. The second-order valence-corrected chi connectivity index (χ2v) is 11.6. The van der Waals surface area contributed by atoms with Crippen molar-refractivity contribution in [1.29, 1.82) is 0 Å². The molecule has 3 aromatic carbocycles. The van der Waals surface area contributed by atoms with E-state index in [2.05, 4.69) is 4.99 Å². The van der Waals surface area contributed by atoms with E-state index in [1.807, 2.05) is 13.8 Å². The van der Waals surface area contributed by atoms with E-state index in [-0.39, 0.29) is 39.2 Å². The zero-order chi connectivity index (χ0) is 33.0. The number of hydrogen-bond acceptors (Lipinski definition) is 10. The van der Waals surface area contributed by atoms with Gasteiger partial charge in [-0.2, -0.15) is 0 Å². The Hall–Kier alpha value is -4.65. The molecule has 0 fully saturated rings. The number of thiazole rings is 1. The van der Waals surface area contributed by atoms with E-state index >= 15 is 0 Å². The standard InChI is InChI=1S/C32H27Cl2N3O8S/c1-4-43-25-11-8-20(15-26(25)44-5-2)28-22(31(39)42-3)16-35-32-36(28)30(38)27(46-32)14-19-12-23(33)29(24(34)13-19)45-17-18-6-9-21(10-7-18)37(40)41/h6-16,28H,4-5,17H2,1-3H3/b27-14-/t28-/m0/s1. The van der Waals surface area contributed by atoms with Crippen LogP contribution in [0.1, 0.15) is 36.6 Å². The first-order chi connectivity index (χ1) is 22.1. The molecule has 1 atom stereocenters. The van der Waals surface area contributed by atoms with Gasteiger partial charge in [-0.15, -0.1) is 0 Å². The first-order valence-corrected chi connectivity index (χ1v) is 15.6. The van der Waals surface area contributed by atoms with Crippen LogP contribution in [0.5, 0.6) is 17.2 Å². The van der Waals surface area contributed by atoms with E-state index in [1.54, 1.807) is 48.5 Å². The van der Waals surface area contributed by atoms with Crippen LogP contribution in [0.25, 0.3) is 6.08 Å². The summed E-state index contributed by atoms with van der Waals surface area (Å²) < 4.78 is 24.1. The second-order valence-electron chi connectivity index (χ2n) is 9.77. The zero-order valence-electron chi connectivity index (χ0n) is 24.8. The summed E-state index contributed by atoms with van der Waals surface area (Å²) in [5.41, 5.74) is 1.58. The van der Waals surface area contributed by atoms with Crippen LogP contribution in [-0.4, -0.2) is 35.8 Å². The minimum Gasteiger partial charge on any atom is -0.490 e. The van der Waals surface area contributed by atoms with Crippen molar-refractivity contribution in [2.75, 3.05) is 20.3 Å². The molecule has 2 heterocycles. The lowest BCUT2D eigenvalue weighted by atomic mass is 9.97. The highest BCUT2D eigenvalue weighted by Gasteiger charge is 2.31. The van der Waals surface area contributed by atoms with E-state index in [0.717, 1.165) is 11.3 Å². The Morgan fingerprint density at radius 2 is 1.70 bits per heavy atom. The Labute approximate surface area is 276 Å². The molecule has 1 aliphatic heterocycles. The van der Waals surface area contributed by atoms with Gasteiger partial charge in [0.15, 0.2) is 22.0 Å². The lowest BCUT2D eigenvalue weighted by Gasteiger charge is -2.23. The highest BCUT2D eigenvalue weighted by molar-refractivity contribution is 7.07. The first-order valence-electron chi connectivity index (χ1n) is 14.0. The van der Waals surface area contributed by atoms with Gasteiger partial charge < -0.3 is 18.9 Å². The van der Waals surface area contributed by atoms with Crippen molar-refractivity contribution in [3.63, 3.8) is 0 Å². The number of nitro groups is 1. The number of carbonyl (C=O) groups excluding carboxylic acids is 1. The van der Waals surface area contributed by atoms with Crippen LogP contribution in [0.15, 0.2) is 76.2 Å². The van der Waals surface area contributed by atoms with Gasteiger partial charge in [0.2, 0.25) is 0 Å². The van der Waals surface area contributed by atoms with Gasteiger partial charge in [0.1, 0.15) is 6.61 Å². The number of hydrogen-bond donors (Lipinski definition) is 0. The molecule has 46 heavy (non-hydrogen) atoms. The van der Waals surface area contributed by atoms with E-state index in [1.165, 1.54) is 30.0 Å². The lowest BCUT2D eigenvalue weighted by Crippen LogP contribution is -2.39. The van der Waals surface area contributed by atoms with Crippen molar-refractivity contribution < 1.29 is 28.7 Å². The molecule has 0 spiro atoms. The molecular weight excluding hydrogens is 657 g/mol. The van der Waals surface area contributed by atoms with E-state index in [9.17, 15) is 19.7 Å². The Kier molecular flexibility index (Phi) is 10.1. The summed E-state index contributed by atoms with van der Waals surface area (Å²) in [5, 5.41) is 11.3. The molecule has 0 N–H and O–H groups in total. The molecule has 4 aromatic rings. The molecule has 0 unspecified atom stereocenters. The summed E-state index contributed by atoms with van der Waals surface area (Å²) in [6.45, 7) is 4.61. The van der Waals surface area contributed by atoms with Gasteiger partial charge in [-0.3, -0.25) is 19.5 Å². The van der Waals surface area contributed by atoms with Crippen LogP contribution >= 0.6 is 34.5 Å². The van der Waals surface area contributed by atoms with Crippen LogP contribution in [0.3, 0.4) is 0 Å². The third-order valence-corrected chi connectivity index (χ3v) is 8.42. The maximum Gasteiger partial charge on any atom is 0.337 e. The third-order valence-electron chi connectivity index (χ3n) is 6.86. The molecule has 0 radical (unpaired) electrons. The Morgan fingerprint density at radius 1 is 1.02 bits per heavy atom. The van der Waals surface area contributed by atoms with Gasteiger partial charge >= 0.3 is 5.97 Å². The largest absolute Gasteiger partial charge is 0.490 e. The van der Waals surface area contributed by atoms with Gasteiger partial charge in [-0.1, -0.05) is 40.6 Å². The van der Waals surface area contributed by atoms with E-state index in [4.69, 9.17) is 42.1 Å². The molecule has 1 aliphatic rings. The fourth-order valence-corrected chi connectivity index (χ4v) is 6.39. The number of esters is 1. The molecule has 14 heteroatoms. The van der Waals surface area contributed by atoms with Crippen LogP contribution in [0.4, 0.5) is 5.69 Å². The predicted octanol–water partition coefficient (Wildman–Crippen LogP) is 5.61. The van der Waals surface area contributed by atoms with Gasteiger partial charge in [0, 0.05) is 18.3 Å². The van der Waals surface area contributed by atoms with Crippen molar-refractivity contribution in [3.8, 4) is 17.2 Å². The fourth-order valence-electron chi connectivity index (χ4n) is 4.81. The summed E-state index contributed by atoms with van der Waals surface area (Å²) in [4.78, 5) is 42.0. The minimum absolute atomic E-state index is 0.0305. The van der Waals surface area contributed by atoms with Gasteiger partial charge in [-0.05, 0) is 73.0 Å². The number of ether oxygens (including phenoxy) is 4. The quantitative estimate of drug-likeness (QED) is 0.113. The van der Waals surface area contributed by atoms with Crippen LogP contribution in [0, 0.1) is 10.1 Å². The number of non-ortho nitro benzene ring substituents is 1. The summed E-state index contributed by atoms with van der Waals surface area (Å²) in [7, 11) is 1.27. The highest BCUT2D eigenvalue weighted by atomic mass is 35.5.